The van der Waals surface area contributed by atoms with Gasteiger partial charge >= 0.3 is 5.79 Å². The number of nitriles is 1. The van der Waals surface area contributed by atoms with E-state index in [4.69, 9.17) is 10.00 Å². The van der Waals surface area contributed by atoms with Crippen LogP contribution in [0.3, 0.4) is 0 Å². The van der Waals surface area contributed by atoms with Gasteiger partial charge in [-0.1, -0.05) is 18.2 Å². The third kappa shape index (κ3) is 0.936. The highest BCUT2D eigenvalue weighted by molar-refractivity contribution is 5.39. The molecule has 0 spiro atoms. The van der Waals surface area contributed by atoms with Gasteiger partial charge in [0.05, 0.1) is 6.42 Å². The molecule has 0 saturated carbocycles. The van der Waals surface area contributed by atoms with Gasteiger partial charge in [-0.2, -0.15) is 5.26 Å². The Morgan fingerprint density at radius 1 is 1.50 bits per heavy atom. The van der Waals surface area contributed by atoms with Crippen molar-refractivity contribution in [3.63, 3.8) is 0 Å². The number of aliphatic hydroxyl groups is 1. The lowest BCUT2D eigenvalue weighted by atomic mass is 10.1. The van der Waals surface area contributed by atoms with Crippen LogP contribution in [0, 0.1) is 11.3 Å². The average molecular weight is 161 g/mol. The molecule has 0 saturated heterocycles. The summed E-state index contributed by atoms with van der Waals surface area (Å²) in [5.41, 5.74) is 0.876. The fourth-order valence-electron chi connectivity index (χ4n) is 1.29. The minimum atomic E-state index is -1.65. The Morgan fingerprint density at radius 2 is 2.25 bits per heavy atom. The second kappa shape index (κ2) is 2.23. The molecular formula is C9H7NO2. The lowest BCUT2D eigenvalue weighted by Crippen LogP contribution is -2.31. The highest BCUT2D eigenvalue weighted by Gasteiger charge is 2.36. The van der Waals surface area contributed by atoms with Crippen LogP contribution in [0.5, 0.6) is 5.75 Å². The maximum absolute atomic E-state index is 9.44. The molecule has 0 bridgehead atoms. The number of hydrogen-bond donors (Lipinski definition) is 1. The Hall–Kier alpha value is -1.53. The molecule has 0 amide bonds. The Kier molecular flexibility index (Phi) is 1.32. The molecule has 0 aromatic heterocycles. The molecule has 3 nitrogen and oxygen atoms in total. The van der Waals surface area contributed by atoms with Gasteiger partial charge in [0.15, 0.2) is 0 Å². The SMILES string of the molecule is N#CC1(O)Cc2ccccc2O1. The number of rotatable bonds is 0. The Bertz CT molecular complexity index is 329. The fraction of sp³-hybridized carbons (Fsp3) is 0.222. The number of para-hydroxylation sites is 1. The Labute approximate surface area is 69.8 Å². The molecular weight excluding hydrogens is 154 g/mol. The number of ether oxygens (including phenoxy) is 1. The van der Waals surface area contributed by atoms with Crippen LogP contribution in [0.25, 0.3) is 0 Å². The summed E-state index contributed by atoms with van der Waals surface area (Å²) in [4.78, 5) is 0. The van der Waals surface area contributed by atoms with Gasteiger partial charge in [-0.15, -0.1) is 0 Å². The standard InChI is InChI=1S/C9H7NO2/c10-6-9(11)5-7-3-1-2-4-8(7)12-9/h1-4,11H,5H2. The van der Waals surface area contributed by atoms with Crippen LogP contribution in [0.4, 0.5) is 0 Å². The molecule has 0 aliphatic carbocycles. The van der Waals surface area contributed by atoms with E-state index < -0.39 is 5.79 Å². The average Bonchev–Trinajstić information content (AvgIpc) is 2.42. The molecule has 1 aliphatic heterocycles. The van der Waals surface area contributed by atoms with Crippen molar-refractivity contribution in [2.45, 2.75) is 12.2 Å². The maximum atomic E-state index is 9.44. The number of hydrogen-bond acceptors (Lipinski definition) is 3. The number of fused-ring (bicyclic) bond motifs is 1. The van der Waals surface area contributed by atoms with E-state index in [1.165, 1.54) is 0 Å². The number of nitrogens with zero attached hydrogens (tertiary/aromatic N) is 1. The number of benzene rings is 1. The highest BCUT2D eigenvalue weighted by atomic mass is 16.6. The van der Waals surface area contributed by atoms with Crippen molar-refractivity contribution in [1.29, 1.82) is 5.26 Å². The summed E-state index contributed by atoms with van der Waals surface area (Å²) in [6, 6.07) is 8.96. The first-order valence-electron chi connectivity index (χ1n) is 3.64. The fourth-order valence-corrected chi connectivity index (χ4v) is 1.29. The van der Waals surface area contributed by atoms with Gasteiger partial charge in [0.25, 0.3) is 0 Å². The highest BCUT2D eigenvalue weighted by Crippen LogP contribution is 2.32. The van der Waals surface area contributed by atoms with Crippen molar-refractivity contribution in [2.75, 3.05) is 0 Å². The molecule has 1 heterocycles. The molecule has 1 aromatic carbocycles. The predicted molar refractivity (Wildman–Crippen MR) is 41.3 cm³/mol. The quantitative estimate of drug-likeness (QED) is 0.573. The second-order valence-corrected chi connectivity index (χ2v) is 2.78. The molecule has 12 heavy (non-hydrogen) atoms. The van der Waals surface area contributed by atoms with Gasteiger partial charge in [0.1, 0.15) is 11.8 Å². The van der Waals surface area contributed by atoms with Crippen molar-refractivity contribution < 1.29 is 9.84 Å². The molecule has 1 N–H and O–H groups in total. The molecule has 60 valence electrons. The lowest BCUT2D eigenvalue weighted by Gasteiger charge is -2.11. The van der Waals surface area contributed by atoms with Crippen LogP contribution in [0.15, 0.2) is 24.3 Å². The summed E-state index contributed by atoms with van der Waals surface area (Å²) in [5, 5.41) is 18.0. The van der Waals surface area contributed by atoms with Crippen LogP contribution in [0.1, 0.15) is 5.56 Å². The third-order valence-electron chi connectivity index (χ3n) is 1.86. The van der Waals surface area contributed by atoms with Crippen molar-refractivity contribution in [3.8, 4) is 11.8 Å². The molecule has 1 unspecified atom stereocenters. The first-order valence-corrected chi connectivity index (χ1v) is 3.64. The van der Waals surface area contributed by atoms with Gasteiger partial charge in [-0.05, 0) is 6.07 Å². The van der Waals surface area contributed by atoms with E-state index in [-0.39, 0.29) is 6.42 Å². The zero-order chi connectivity index (χ0) is 8.60. The summed E-state index contributed by atoms with van der Waals surface area (Å²) in [7, 11) is 0. The van der Waals surface area contributed by atoms with Crippen LogP contribution >= 0.6 is 0 Å². The largest absolute Gasteiger partial charge is 0.449 e. The van der Waals surface area contributed by atoms with Crippen molar-refractivity contribution in [1.82, 2.24) is 0 Å². The molecule has 1 aliphatic rings. The van der Waals surface area contributed by atoms with E-state index in [0.717, 1.165) is 5.56 Å². The molecule has 1 aromatic rings. The van der Waals surface area contributed by atoms with E-state index >= 15 is 0 Å². The minimum absolute atomic E-state index is 0.250. The lowest BCUT2D eigenvalue weighted by molar-refractivity contribution is -0.0690. The van der Waals surface area contributed by atoms with Gasteiger partial charge < -0.3 is 9.84 Å². The second-order valence-electron chi connectivity index (χ2n) is 2.78. The van der Waals surface area contributed by atoms with Crippen LogP contribution in [-0.4, -0.2) is 10.9 Å². The van der Waals surface area contributed by atoms with Gasteiger partial charge in [-0.25, -0.2) is 0 Å². The van der Waals surface area contributed by atoms with E-state index in [1.807, 2.05) is 18.2 Å². The minimum Gasteiger partial charge on any atom is -0.449 e. The summed E-state index contributed by atoms with van der Waals surface area (Å²) < 4.78 is 5.04. The predicted octanol–water partition coefficient (Wildman–Crippen LogP) is 0.834. The van der Waals surface area contributed by atoms with E-state index in [0.29, 0.717) is 5.75 Å². The van der Waals surface area contributed by atoms with E-state index in [2.05, 4.69) is 0 Å². The monoisotopic (exact) mass is 161 g/mol. The van der Waals surface area contributed by atoms with Crippen molar-refractivity contribution >= 4 is 0 Å². The Balaban J connectivity index is 2.41. The molecule has 3 heteroatoms. The zero-order valence-electron chi connectivity index (χ0n) is 6.32. The topological polar surface area (TPSA) is 53.2 Å². The first kappa shape index (κ1) is 7.14. The van der Waals surface area contributed by atoms with Gasteiger partial charge in [0, 0.05) is 5.56 Å². The van der Waals surface area contributed by atoms with Crippen LogP contribution in [-0.2, 0) is 6.42 Å². The summed E-state index contributed by atoms with van der Waals surface area (Å²) in [6.45, 7) is 0. The van der Waals surface area contributed by atoms with Gasteiger partial charge in [-0.3, -0.25) is 0 Å². The van der Waals surface area contributed by atoms with E-state index in [1.54, 1.807) is 12.1 Å². The van der Waals surface area contributed by atoms with Crippen molar-refractivity contribution in [3.05, 3.63) is 29.8 Å². The Morgan fingerprint density at radius 3 is 2.92 bits per heavy atom. The summed E-state index contributed by atoms with van der Waals surface area (Å²) >= 11 is 0. The maximum Gasteiger partial charge on any atom is 0.302 e. The molecule has 2 rings (SSSR count). The van der Waals surface area contributed by atoms with Crippen molar-refractivity contribution in [2.24, 2.45) is 0 Å². The normalized spacial score (nSPS) is 25.7. The smallest absolute Gasteiger partial charge is 0.302 e. The third-order valence-corrected chi connectivity index (χ3v) is 1.86. The first-order chi connectivity index (χ1) is 5.73. The molecule has 0 radical (unpaired) electrons. The summed E-state index contributed by atoms with van der Waals surface area (Å²) in [5.74, 6) is -1.05. The molecule has 1 atom stereocenters. The van der Waals surface area contributed by atoms with Crippen LogP contribution in [0.2, 0.25) is 0 Å². The van der Waals surface area contributed by atoms with Gasteiger partial charge in [0.2, 0.25) is 0 Å². The molecule has 0 fully saturated rings. The zero-order valence-corrected chi connectivity index (χ0v) is 6.32. The van der Waals surface area contributed by atoms with Crippen LogP contribution < -0.4 is 4.74 Å². The van der Waals surface area contributed by atoms with E-state index in [9.17, 15) is 5.11 Å². The summed E-state index contributed by atoms with van der Waals surface area (Å²) in [6.07, 6.45) is 0.250.